The van der Waals surface area contributed by atoms with E-state index in [1.807, 2.05) is 27.7 Å². The average Bonchev–Trinajstić information content (AvgIpc) is 2.65. The molecule has 1 saturated heterocycles. The molecule has 1 atom stereocenters. The van der Waals surface area contributed by atoms with Gasteiger partial charge in [-0.15, -0.1) is 0 Å². The molecule has 1 aromatic carbocycles. The number of esters is 1. The van der Waals surface area contributed by atoms with Crippen molar-refractivity contribution in [3.63, 3.8) is 0 Å². The largest absolute Gasteiger partial charge is 0.466 e. The second kappa shape index (κ2) is 7.33. The number of carbonyl (C=O) groups is 1. The highest BCUT2D eigenvalue weighted by molar-refractivity contribution is 9.10. The van der Waals surface area contributed by atoms with Crippen LogP contribution in [0.3, 0.4) is 0 Å². The monoisotopic (exact) mass is 418 g/mol. The van der Waals surface area contributed by atoms with Crippen LogP contribution in [0, 0.1) is 11.6 Å². The molecule has 4 nitrogen and oxygen atoms in total. The first-order chi connectivity index (χ1) is 11.5. The number of hydrogen-bond donors (Lipinski definition) is 0. The molecule has 2 rings (SSSR count). The standard InChI is InChI=1S/C17H22BBrF2O4/c1-6-23-14(22)9-11(15-12(20)7-10(19)8-13(15)21)18-24-16(2,3)17(4,5)25-18/h7-8,11H,6,9H2,1-5H3. The summed E-state index contributed by atoms with van der Waals surface area (Å²) in [5.41, 5.74) is -1.62. The molecular weight excluding hydrogens is 397 g/mol. The first kappa shape index (κ1) is 20.3. The molecule has 0 bridgehead atoms. The van der Waals surface area contributed by atoms with Gasteiger partial charge in [-0.2, -0.15) is 0 Å². The number of hydrogen-bond acceptors (Lipinski definition) is 4. The van der Waals surface area contributed by atoms with Crippen molar-refractivity contribution in [3.8, 4) is 0 Å². The van der Waals surface area contributed by atoms with E-state index in [1.165, 1.54) is 0 Å². The van der Waals surface area contributed by atoms with E-state index in [2.05, 4.69) is 15.9 Å². The lowest BCUT2D eigenvalue weighted by Gasteiger charge is -2.32. The first-order valence-corrected chi connectivity index (χ1v) is 8.93. The van der Waals surface area contributed by atoms with Gasteiger partial charge in [0.05, 0.1) is 24.2 Å². The van der Waals surface area contributed by atoms with Crippen molar-refractivity contribution in [1.29, 1.82) is 0 Å². The van der Waals surface area contributed by atoms with E-state index in [0.717, 1.165) is 12.1 Å². The molecule has 1 fully saturated rings. The molecule has 0 saturated carbocycles. The van der Waals surface area contributed by atoms with E-state index in [4.69, 9.17) is 14.0 Å². The Morgan fingerprint density at radius 2 is 1.68 bits per heavy atom. The zero-order valence-electron chi connectivity index (χ0n) is 15.0. The van der Waals surface area contributed by atoms with Crippen LogP contribution in [0.25, 0.3) is 0 Å². The number of carbonyl (C=O) groups excluding carboxylic acids is 1. The Labute approximate surface area is 155 Å². The summed E-state index contributed by atoms with van der Waals surface area (Å²) in [7, 11) is -0.973. The maximum absolute atomic E-state index is 14.5. The second-order valence-corrected chi connectivity index (χ2v) is 7.94. The van der Waals surface area contributed by atoms with Crippen molar-refractivity contribution in [2.24, 2.45) is 0 Å². The lowest BCUT2D eigenvalue weighted by molar-refractivity contribution is -0.143. The van der Waals surface area contributed by atoms with Crippen molar-refractivity contribution in [1.82, 2.24) is 0 Å². The van der Waals surface area contributed by atoms with Crippen molar-refractivity contribution < 1.29 is 27.6 Å². The zero-order valence-corrected chi connectivity index (χ0v) is 16.6. The number of ether oxygens (including phenoxy) is 1. The van der Waals surface area contributed by atoms with Gasteiger partial charge in [0.25, 0.3) is 0 Å². The third-order valence-electron chi connectivity index (χ3n) is 4.71. The van der Waals surface area contributed by atoms with Gasteiger partial charge in [0.2, 0.25) is 0 Å². The SMILES string of the molecule is CCOC(=O)CC(B1OC(C)(C)C(C)(C)O1)c1c(F)cc(Br)cc1F. The third kappa shape index (κ3) is 4.23. The first-order valence-electron chi connectivity index (χ1n) is 8.14. The molecule has 1 heterocycles. The molecule has 0 amide bonds. The molecular formula is C17H22BBrF2O4. The molecule has 0 N–H and O–H groups in total. The molecule has 0 aromatic heterocycles. The molecule has 8 heteroatoms. The predicted molar refractivity (Wildman–Crippen MR) is 94.1 cm³/mol. The number of rotatable bonds is 5. The van der Waals surface area contributed by atoms with E-state index in [1.54, 1.807) is 6.92 Å². The van der Waals surface area contributed by atoms with Gasteiger partial charge in [-0.05, 0) is 46.8 Å². The van der Waals surface area contributed by atoms with Crippen LogP contribution in [-0.2, 0) is 18.8 Å². The van der Waals surface area contributed by atoms with Gasteiger partial charge in [0.1, 0.15) is 11.6 Å². The van der Waals surface area contributed by atoms with Crippen molar-refractivity contribution >= 4 is 29.0 Å². The van der Waals surface area contributed by atoms with E-state index in [9.17, 15) is 13.6 Å². The summed E-state index contributed by atoms with van der Waals surface area (Å²) in [4.78, 5) is 12.0. The minimum Gasteiger partial charge on any atom is -0.466 e. The van der Waals surface area contributed by atoms with Gasteiger partial charge in [0.15, 0.2) is 0 Å². The van der Waals surface area contributed by atoms with Gasteiger partial charge in [-0.3, -0.25) is 4.79 Å². The smallest absolute Gasteiger partial charge is 0.466 e. The zero-order chi connectivity index (χ0) is 19.0. The van der Waals surface area contributed by atoms with Gasteiger partial charge in [-0.25, -0.2) is 8.78 Å². The van der Waals surface area contributed by atoms with Crippen molar-refractivity contribution in [3.05, 3.63) is 33.8 Å². The van der Waals surface area contributed by atoms with Crippen molar-refractivity contribution in [2.75, 3.05) is 6.61 Å². The van der Waals surface area contributed by atoms with Crippen LogP contribution in [0.4, 0.5) is 8.78 Å². The molecule has 1 aliphatic heterocycles. The maximum atomic E-state index is 14.5. The second-order valence-electron chi connectivity index (χ2n) is 7.02. The normalized spacial score (nSPS) is 19.8. The molecule has 1 aliphatic rings. The van der Waals surface area contributed by atoms with Crippen LogP contribution in [0.5, 0.6) is 0 Å². The summed E-state index contributed by atoms with van der Waals surface area (Å²) in [5, 5.41) is 0. The van der Waals surface area contributed by atoms with Crippen molar-refractivity contribution in [2.45, 2.75) is 58.1 Å². The van der Waals surface area contributed by atoms with Gasteiger partial charge < -0.3 is 14.0 Å². The van der Waals surface area contributed by atoms with E-state index >= 15 is 0 Å². The Balaban J connectivity index is 2.44. The molecule has 1 unspecified atom stereocenters. The van der Waals surface area contributed by atoms with Crippen LogP contribution in [0.2, 0.25) is 0 Å². The molecule has 0 spiro atoms. The fraction of sp³-hybridized carbons (Fsp3) is 0.588. The average molecular weight is 419 g/mol. The van der Waals surface area contributed by atoms with Crippen LogP contribution in [-0.4, -0.2) is 30.9 Å². The van der Waals surface area contributed by atoms with E-state index < -0.39 is 41.7 Å². The highest BCUT2D eigenvalue weighted by Crippen LogP contribution is 2.43. The molecule has 25 heavy (non-hydrogen) atoms. The number of halogens is 3. The lowest BCUT2D eigenvalue weighted by atomic mass is 9.66. The summed E-state index contributed by atoms with van der Waals surface area (Å²) < 4.78 is 46.1. The summed E-state index contributed by atoms with van der Waals surface area (Å²) in [6.07, 6.45) is -0.250. The number of benzene rings is 1. The van der Waals surface area contributed by atoms with Gasteiger partial charge >= 0.3 is 13.1 Å². The summed E-state index contributed by atoms with van der Waals surface area (Å²) in [6.45, 7) is 9.19. The quantitative estimate of drug-likeness (QED) is 0.525. The fourth-order valence-corrected chi connectivity index (χ4v) is 3.10. The minimum atomic E-state index is -0.973. The summed E-state index contributed by atoms with van der Waals surface area (Å²) >= 11 is 3.06. The Morgan fingerprint density at radius 3 is 2.12 bits per heavy atom. The Hall–Kier alpha value is -0.985. The van der Waals surface area contributed by atoms with E-state index in [0.29, 0.717) is 0 Å². The van der Waals surface area contributed by atoms with Crippen LogP contribution < -0.4 is 0 Å². The lowest BCUT2D eigenvalue weighted by Crippen LogP contribution is -2.41. The Morgan fingerprint density at radius 1 is 1.20 bits per heavy atom. The topological polar surface area (TPSA) is 44.8 Å². The van der Waals surface area contributed by atoms with Crippen LogP contribution >= 0.6 is 15.9 Å². The predicted octanol–water partition coefficient (Wildman–Crippen LogP) is 4.40. The molecule has 138 valence electrons. The highest BCUT2D eigenvalue weighted by atomic mass is 79.9. The molecule has 0 aliphatic carbocycles. The minimum absolute atomic E-state index is 0.181. The third-order valence-corrected chi connectivity index (χ3v) is 5.16. The highest BCUT2D eigenvalue weighted by Gasteiger charge is 2.55. The fourth-order valence-electron chi connectivity index (χ4n) is 2.69. The Bertz CT molecular complexity index is 627. The van der Waals surface area contributed by atoms with Gasteiger partial charge in [0, 0.05) is 15.9 Å². The summed E-state index contributed by atoms with van der Waals surface area (Å²) in [6, 6.07) is 2.31. The molecule has 0 radical (unpaired) electrons. The van der Waals surface area contributed by atoms with E-state index in [-0.39, 0.29) is 23.1 Å². The maximum Gasteiger partial charge on any atom is 0.466 e. The van der Waals surface area contributed by atoms with Crippen LogP contribution in [0.1, 0.15) is 52.4 Å². The molecule has 1 aromatic rings. The van der Waals surface area contributed by atoms with Crippen LogP contribution in [0.15, 0.2) is 16.6 Å². The Kier molecular flexibility index (Phi) is 5.96. The van der Waals surface area contributed by atoms with Gasteiger partial charge in [-0.1, -0.05) is 15.9 Å². The summed E-state index contributed by atoms with van der Waals surface area (Å²) in [5.74, 6) is -3.07.